The summed E-state index contributed by atoms with van der Waals surface area (Å²) in [6.07, 6.45) is 3.60. The van der Waals surface area contributed by atoms with Crippen LogP contribution in [-0.4, -0.2) is 55.0 Å². The molecule has 2 heterocycles. The Labute approximate surface area is 205 Å². The van der Waals surface area contributed by atoms with Crippen LogP contribution in [0.25, 0.3) is 16.9 Å². The fourth-order valence-electron chi connectivity index (χ4n) is 4.01. The average molecular weight is 487 g/mol. The fraction of sp³-hybridized carbons (Fsp3) is 0.185. The molecule has 0 spiro atoms. The molecule has 0 saturated carbocycles. The van der Waals surface area contributed by atoms with Crippen molar-refractivity contribution in [2.75, 3.05) is 26.3 Å². The van der Waals surface area contributed by atoms with Gasteiger partial charge in [-0.25, -0.2) is 13.1 Å². The monoisotopic (exact) mass is 486 g/mol. The number of rotatable bonds is 6. The van der Waals surface area contributed by atoms with Gasteiger partial charge in [-0.15, -0.1) is 0 Å². The molecule has 0 radical (unpaired) electrons. The highest BCUT2D eigenvalue weighted by atomic mass is 32.2. The van der Waals surface area contributed by atoms with Gasteiger partial charge in [0, 0.05) is 36.6 Å². The first-order valence-corrected chi connectivity index (χ1v) is 12.9. The van der Waals surface area contributed by atoms with Crippen LogP contribution in [0.15, 0.2) is 94.9 Å². The molecular formula is C27H26N4O3S. The summed E-state index contributed by atoms with van der Waals surface area (Å²) in [4.78, 5) is 4.86. The highest BCUT2D eigenvalue weighted by molar-refractivity contribution is 7.89. The number of para-hydroxylation sites is 1. The van der Waals surface area contributed by atoms with E-state index < -0.39 is 10.0 Å². The molecule has 0 aliphatic carbocycles. The summed E-state index contributed by atoms with van der Waals surface area (Å²) in [7, 11) is -3.70. The van der Waals surface area contributed by atoms with Crippen LogP contribution in [0.1, 0.15) is 11.1 Å². The van der Waals surface area contributed by atoms with E-state index in [0.717, 1.165) is 28.1 Å². The summed E-state index contributed by atoms with van der Waals surface area (Å²) < 4.78 is 35.5. The van der Waals surface area contributed by atoms with E-state index in [0.29, 0.717) is 32.0 Å². The Morgan fingerprint density at radius 1 is 0.943 bits per heavy atom. The minimum Gasteiger partial charge on any atom is -0.379 e. The van der Waals surface area contributed by atoms with Crippen molar-refractivity contribution >= 4 is 21.9 Å². The van der Waals surface area contributed by atoms with E-state index in [2.05, 4.69) is 4.99 Å². The molecule has 5 rings (SSSR count). The molecule has 1 aromatic heterocycles. The number of morpholine rings is 1. The van der Waals surface area contributed by atoms with Crippen molar-refractivity contribution in [3.8, 4) is 16.9 Å². The molecule has 35 heavy (non-hydrogen) atoms. The number of hydrogen-bond acceptors (Lipinski definition) is 5. The zero-order valence-corrected chi connectivity index (χ0v) is 20.2. The van der Waals surface area contributed by atoms with Gasteiger partial charge in [0.15, 0.2) is 0 Å². The fourth-order valence-corrected chi connectivity index (χ4v) is 5.64. The number of nitrogens with zero attached hydrogens (tertiary/aromatic N) is 4. The van der Waals surface area contributed by atoms with Crippen molar-refractivity contribution in [2.24, 2.45) is 4.99 Å². The van der Waals surface area contributed by atoms with Crippen molar-refractivity contribution < 1.29 is 13.2 Å². The Bertz CT molecular complexity index is 1440. The highest BCUT2D eigenvalue weighted by Gasteiger charge is 2.28. The van der Waals surface area contributed by atoms with Gasteiger partial charge < -0.3 is 4.74 Å². The Balaban J connectivity index is 1.57. The number of hydrogen-bond donors (Lipinski definition) is 0. The lowest BCUT2D eigenvalue weighted by molar-refractivity contribution is 0.0730. The van der Waals surface area contributed by atoms with E-state index in [9.17, 15) is 8.42 Å². The second kappa shape index (κ2) is 9.95. The Morgan fingerprint density at radius 3 is 2.34 bits per heavy atom. The zero-order chi connectivity index (χ0) is 24.3. The lowest BCUT2D eigenvalue weighted by Crippen LogP contribution is -2.40. The van der Waals surface area contributed by atoms with E-state index in [4.69, 9.17) is 9.84 Å². The van der Waals surface area contributed by atoms with Crippen molar-refractivity contribution in [3.05, 3.63) is 96.2 Å². The summed E-state index contributed by atoms with van der Waals surface area (Å²) in [5.41, 5.74) is 4.69. The molecular weight excluding hydrogens is 460 g/mol. The molecule has 4 aromatic rings. The third kappa shape index (κ3) is 4.95. The van der Waals surface area contributed by atoms with Gasteiger partial charge in [-0.3, -0.25) is 4.99 Å². The first-order chi connectivity index (χ1) is 17.0. The molecule has 1 saturated heterocycles. The molecule has 1 fully saturated rings. The topological polar surface area (TPSA) is 76.8 Å². The molecule has 8 heteroatoms. The molecule has 1 aliphatic rings. The zero-order valence-electron chi connectivity index (χ0n) is 19.4. The Kier molecular flexibility index (Phi) is 6.59. The predicted octanol–water partition coefficient (Wildman–Crippen LogP) is 4.62. The van der Waals surface area contributed by atoms with Gasteiger partial charge >= 0.3 is 0 Å². The number of aryl methyl sites for hydroxylation is 1. The van der Waals surface area contributed by atoms with Gasteiger partial charge in [0.05, 0.1) is 24.6 Å². The first kappa shape index (κ1) is 23.2. The molecule has 7 nitrogen and oxygen atoms in total. The van der Waals surface area contributed by atoms with Crippen LogP contribution in [0, 0.1) is 6.92 Å². The molecule has 0 amide bonds. The van der Waals surface area contributed by atoms with E-state index in [-0.39, 0.29) is 4.90 Å². The first-order valence-electron chi connectivity index (χ1n) is 11.5. The van der Waals surface area contributed by atoms with Crippen molar-refractivity contribution in [3.63, 3.8) is 0 Å². The molecule has 1 aliphatic heterocycles. The standard InChI is InChI=1S/C27H26N4O3S/c1-21-12-13-25(26(18-21)35(32,33)30-14-16-34-17-15-30)28-19-23-20-31(24-10-6-3-7-11-24)29-27(23)22-8-4-2-5-9-22/h2-13,18-20H,14-17H2,1H3. The molecule has 0 bridgehead atoms. The maximum atomic E-state index is 13.4. The van der Waals surface area contributed by atoms with Gasteiger partial charge in [-0.2, -0.15) is 9.40 Å². The van der Waals surface area contributed by atoms with E-state index in [1.165, 1.54) is 4.31 Å². The molecule has 0 atom stereocenters. The van der Waals surface area contributed by atoms with Crippen molar-refractivity contribution in [2.45, 2.75) is 11.8 Å². The smallest absolute Gasteiger partial charge is 0.245 e. The second-order valence-corrected chi connectivity index (χ2v) is 10.2. The predicted molar refractivity (Wildman–Crippen MR) is 137 cm³/mol. The van der Waals surface area contributed by atoms with Crippen LogP contribution in [0.3, 0.4) is 0 Å². The van der Waals surface area contributed by atoms with E-state index in [1.54, 1.807) is 18.3 Å². The lowest BCUT2D eigenvalue weighted by atomic mass is 10.1. The number of ether oxygens (including phenoxy) is 1. The quantitative estimate of drug-likeness (QED) is 0.373. The lowest BCUT2D eigenvalue weighted by Gasteiger charge is -2.26. The minimum absolute atomic E-state index is 0.201. The Morgan fingerprint density at radius 2 is 1.63 bits per heavy atom. The van der Waals surface area contributed by atoms with Gasteiger partial charge in [-0.05, 0) is 36.8 Å². The Hall–Kier alpha value is -3.59. The molecule has 0 unspecified atom stereocenters. The molecule has 3 aromatic carbocycles. The van der Waals surface area contributed by atoms with Crippen molar-refractivity contribution in [1.82, 2.24) is 14.1 Å². The summed E-state index contributed by atoms with van der Waals surface area (Å²) >= 11 is 0. The van der Waals surface area contributed by atoms with Crippen LogP contribution >= 0.6 is 0 Å². The number of aromatic nitrogens is 2. The number of benzene rings is 3. The van der Waals surface area contributed by atoms with Crippen LogP contribution in [0.4, 0.5) is 5.69 Å². The SMILES string of the molecule is Cc1ccc(N=Cc2cn(-c3ccccc3)nc2-c2ccccc2)c(S(=O)(=O)N2CCOCC2)c1. The molecule has 0 N–H and O–H groups in total. The van der Waals surface area contributed by atoms with Gasteiger partial charge in [0.2, 0.25) is 10.0 Å². The van der Waals surface area contributed by atoms with E-state index in [1.807, 2.05) is 84.5 Å². The van der Waals surface area contributed by atoms with Crippen LogP contribution < -0.4 is 0 Å². The van der Waals surface area contributed by atoms with Gasteiger partial charge in [0.25, 0.3) is 0 Å². The summed E-state index contributed by atoms with van der Waals surface area (Å²) in [5, 5.41) is 4.81. The number of aliphatic imine (C=N–C) groups is 1. The second-order valence-electron chi connectivity index (χ2n) is 8.33. The van der Waals surface area contributed by atoms with Gasteiger partial charge in [0.1, 0.15) is 10.6 Å². The maximum Gasteiger partial charge on any atom is 0.245 e. The highest BCUT2D eigenvalue weighted by Crippen LogP contribution is 2.30. The van der Waals surface area contributed by atoms with E-state index >= 15 is 0 Å². The largest absolute Gasteiger partial charge is 0.379 e. The number of sulfonamides is 1. The minimum atomic E-state index is -3.70. The summed E-state index contributed by atoms with van der Waals surface area (Å²) in [6, 6.07) is 25.0. The van der Waals surface area contributed by atoms with Crippen molar-refractivity contribution in [1.29, 1.82) is 0 Å². The summed E-state index contributed by atoms with van der Waals surface area (Å²) in [5.74, 6) is 0. The third-order valence-electron chi connectivity index (χ3n) is 5.86. The molecule has 178 valence electrons. The third-order valence-corrected chi connectivity index (χ3v) is 7.78. The maximum absolute atomic E-state index is 13.4. The van der Waals surface area contributed by atoms with Gasteiger partial charge in [-0.1, -0.05) is 54.6 Å². The average Bonchev–Trinajstić information content (AvgIpc) is 3.34. The summed E-state index contributed by atoms with van der Waals surface area (Å²) in [6.45, 7) is 3.33. The van der Waals surface area contributed by atoms with Crippen LogP contribution in [-0.2, 0) is 14.8 Å². The normalized spacial score (nSPS) is 15.0. The van der Waals surface area contributed by atoms with Crippen LogP contribution in [0.5, 0.6) is 0 Å². The van der Waals surface area contributed by atoms with Crippen LogP contribution in [0.2, 0.25) is 0 Å².